The molecule has 2 aromatic rings. The first-order chi connectivity index (χ1) is 10.5. The van der Waals surface area contributed by atoms with Crippen molar-refractivity contribution in [3.63, 3.8) is 0 Å². The number of ether oxygens (including phenoxy) is 1. The van der Waals surface area contributed by atoms with E-state index in [1.807, 2.05) is 0 Å². The van der Waals surface area contributed by atoms with Crippen LogP contribution in [0, 0.1) is 17.7 Å². The zero-order valence-corrected chi connectivity index (χ0v) is 10.9. The van der Waals surface area contributed by atoms with Gasteiger partial charge >= 0.3 is 12.6 Å². The number of carbonyl (C=O) groups is 1. The highest BCUT2D eigenvalue weighted by Crippen LogP contribution is 2.25. The fourth-order valence-electron chi connectivity index (χ4n) is 1.64. The van der Waals surface area contributed by atoms with Crippen molar-refractivity contribution in [1.82, 2.24) is 4.98 Å². The Hall–Kier alpha value is -3.01. The van der Waals surface area contributed by atoms with Gasteiger partial charge in [-0.05, 0) is 18.2 Å². The van der Waals surface area contributed by atoms with E-state index in [4.69, 9.17) is 5.11 Å². The van der Waals surface area contributed by atoms with E-state index in [0.717, 1.165) is 18.3 Å². The van der Waals surface area contributed by atoms with E-state index in [0.29, 0.717) is 0 Å². The minimum Gasteiger partial charge on any atom is -0.478 e. The van der Waals surface area contributed by atoms with Gasteiger partial charge in [0, 0.05) is 11.8 Å². The predicted octanol–water partition coefficient (Wildman–Crippen LogP) is 2.92. The quantitative estimate of drug-likeness (QED) is 0.886. The van der Waals surface area contributed by atoms with Crippen molar-refractivity contribution in [1.29, 1.82) is 0 Å². The SMILES string of the molecule is O=C(O)c1cccc(C#Cc2cncc(F)c2)c1OC(F)F. The number of pyridine rings is 1. The number of alkyl halides is 2. The Morgan fingerprint density at radius 3 is 2.68 bits per heavy atom. The predicted molar refractivity (Wildman–Crippen MR) is 70.2 cm³/mol. The highest BCUT2D eigenvalue weighted by atomic mass is 19.3. The molecular weight excluding hydrogens is 299 g/mol. The van der Waals surface area contributed by atoms with E-state index in [-0.39, 0.29) is 11.1 Å². The zero-order valence-electron chi connectivity index (χ0n) is 10.9. The minimum atomic E-state index is -3.20. The summed E-state index contributed by atoms with van der Waals surface area (Å²) in [5.41, 5.74) is -0.280. The second-order valence-electron chi connectivity index (χ2n) is 4.01. The van der Waals surface area contributed by atoms with Crippen LogP contribution in [0.4, 0.5) is 13.2 Å². The largest absolute Gasteiger partial charge is 0.478 e. The van der Waals surface area contributed by atoms with Crippen LogP contribution in [0.3, 0.4) is 0 Å². The van der Waals surface area contributed by atoms with Gasteiger partial charge in [-0.25, -0.2) is 9.18 Å². The van der Waals surface area contributed by atoms with E-state index in [1.54, 1.807) is 0 Å². The average molecular weight is 307 g/mol. The third-order valence-electron chi connectivity index (χ3n) is 2.50. The molecule has 0 radical (unpaired) electrons. The number of hydrogen-bond donors (Lipinski definition) is 1. The van der Waals surface area contributed by atoms with Gasteiger partial charge in [0.25, 0.3) is 0 Å². The molecule has 0 saturated carbocycles. The van der Waals surface area contributed by atoms with Gasteiger partial charge in [-0.15, -0.1) is 0 Å². The molecule has 0 aliphatic carbocycles. The Kier molecular flexibility index (Phi) is 4.63. The summed E-state index contributed by atoms with van der Waals surface area (Å²) in [5, 5.41) is 8.99. The number of rotatable bonds is 3. The van der Waals surface area contributed by atoms with Gasteiger partial charge in [0.05, 0.1) is 11.8 Å². The molecule has 0 aliphatic heterocycles. The number of halogens is 3. The van der Waals surface area contributed by atoms with Gasteiger partial charge < -0.3 is 9.84 Å². The molecule has 0 fully saturated rings. The lowest BCUT2D eigenvalue weighted by atomic mass is 10.1. The van der Waals surface area contributed by atoms with Gasteiger partial charge in [0.2, 0.25) is 0 Å². The van der Waals surface area contributed by atoms with Gasteiger partial charge in [0.15, 0.2) is 5.75 Å². The number of aromatic carboxylic acids is 1. The van der Waals surface area contributed by atoms with E-state index < -0.39 is 29.7 Å². The van der Waals surface area contributed by atoms with Crippen LogP contribution in [0.5, 0.6) is 5.75 Å². The van der Waals surface area contributed by atoms with E-state index in [1.165, 1.54) is 18.3 Å². The van der Waals surface area contributed by atoms with E-state index in [9.17, 15) is 18.0 Å². The second-order valence-corrected chi connectivity index (χ2v) is 4.01. The third-order valence-corrected chi connectivity index (χ3v) is 2.50. The molecule has 0 spiro atoms. The lowest BCUT2D eigenvalue weighted by Gasteiger charge is -2.09. The Bertz CT molecular complexity index is 766. The molecule has 4 nitrogen and oxygen atoms in total. The maximum atomic E-state index is 13.0. The average Bonchev–Trinajstić information content (AvgIpc) is 2.45. The van der Waals surface area contributed by atoms with Crippen molar-refractivity contribution in [2.24, 2.45) is 0 Å². The van der Waals surface area contributed by atoms with Crippen molar-refractivity contribution >= 4 is 5.97 Å². The molecule has 1 aromatic carbocycles. The first kappa shape index (κ1) is 15.4. The maximum Gasteiger partial charge on any atom is 0.387 e. The summed E-state index contributed by atoms with van der Waals surface area (Å²) in [7, 11) is 0. The second kappa shape index (κ2) is 6.63. The molecule has 0 aliphatic rings. The summed E-state index contributed by atoms with van der Waals surface area (Å²) in [6, 6.07) is 4.89. The monoisotopic (exact) mass is 307 g/mol. The van der Waals surface area contributed by atoms with Crippen LogP contribution in [0.2, 0.25) is 0 Å². The number of para-hydroxylation sites is 1. The van der Waals surface area contributed by atoms with Gasteiger partial charge in [0.1, 0.15) is 11.4 Å². The molecule has 0 amide bonds. The molecule has 2 rings (SSSR count). The molecular formula is C15H8F3NO3. The Labute approximate surface area is 123 Å². The number of benzene rings is 1. The van der Waals surface area contributed by atoms with E-state index >= 15 is 0 Å². The van der Waals surface area contributed by atoms with Gasteiger partial charge in [-0.2, -0.15) is 8.78 Å². The van der Waals surface area contributed by atoms with Crippen molar-refractivity contribution in [3.8, 4) is 17.6 Å². The molecule has 1 N–H and O–H groups in total. The van der Waals surface area contributed by atoms with Crippen LogP contribution < -0.4 is 4.74 Å². The zero-order chi connectivity index (χ0) is 16.1. The summed E-state index contributed by atoms with van der Waals surface area (Å²) in [4.78, 5) is 14.6. The lowest BCUT2D eigenvalue weighted by molar-refractivity contribution is -0.0505. The lowest BCUT2D eigenvalue weighted by Crippen LogP contribution is -2.09. The smallest absolute Gasteiger partial charge is 0.387 e. The summed E-state index contributed by atoms with van der Waals surface area (Å²) in [6.45, 7) is -3.20. The summed E-state index contributed by atoms with van der Waals surface area (Å²) < 4.78 is 42.1. The molecule has 0 unspecified atom stereocenters. The third kappa shape index (κ3) is 3.76. The Morgan fingerprint density at radius 2 is 2.05 bits per heavy atom. The fraction of sp³-hybridized carbons (Fsp3) is 0.0667. The first-order valence-corrected chi connectivity index (χ1v) is 5.91. The van der Waals surface area contributed by atoms with Gasteiger partial charge in [-0.3, -0.25) is 4.98 Å². The first-order valence-electron chi connectivity index (χ1n) is 5.91. The summed E-state index contributed by atoms with van der Waals surface area (Å²) in [6.07, 6.45) is 2.27. The van der Waals surface area contributed by atoms with Gasteiger partial charge in [-0.1, -0.05) is 17.9 Å². The molecule has 0 bridgehead atoms. The van der Waals surface area contributed by atoms with E-state index in [2.05, 4.69) is 21.6 Å². The topological polar surface area (TPSA) is 59.4 Å². The molecule has 0 saturated heterocycles. The van der Waals surface area contributed by atoms with Crippen LogP contribution in [0.1, 0.15) is 21.5 Å². The number of carboxylic acid groups (broad SMARTS) is 1. The van der Waals surface area contributed by atoms with Crippen molar-refractivity contribution < 1.29 is 27.8 Å². The maximum absolute atomic E-state index is 13.0. The highest BCUT2D eigenvalue weighted by Gasteiger charge is 2.18. The molecule has 22 heavy (non-hydrogen) atoms. The van der Waals surface area contributed by atoms with Crippen LogP contribution in [0.25, 0.3) is 0 Å². The highest BCUT2D eigenvalue weighted by molar-refractivity contribution is 5.92. The summed E-state index contributed by atoms with van der Waals surface area (Å²) in [5.74, 6) is 2.42. The Morgan fingerprint density at radius 1 is 1.27 bits per heavy atom. The number of hydrogen-bond acceptors (Lipinski definition) is 3. The normalized spacial score (nSPS) is 10.0. The number of nitrogens with zero attached hydrogens (tertiary/aromatic N) is 1. The standard InChI is InChI=1S/C15H8F3NO3/c16-11-6-9(7-19-8-11)4-5-10-2-1-3-12(14(20)21)13(10)22-15(17)18/h1-3,6-8,15H,(H,20,21). The van der Waals surface area contributed by atoms with Crippen LogP contribution in [-0.4, -0.2) is 22.7 Å². The van der Waals surface area contributed by atoms with Crippen LogP contribution >= 0.6 is 0 Å². The molecule has 1 heterocycles. The van der Waals surface area contributed by atoms with Crippen molar-refractivity contribution in [2.45, 2.75) is 6.61 Å². The minimum absolute atomic E-state index is 0.0514. The molecule has 0 atom stereocenters. The van der Waals surface area contributed by atoms with Crippen LogP contribution in [-0.2, 0) is 0 Å². The molecule has 1 aromatic heterocycles. The molecule has 112 valence electrons. The van der Waals surface area contributed by atoms with Crippen molar-refractivity contribution in [2.75, 3.05) is 0 Å². The molecule has 7 heteroatoms. The summed E-state index contributed by atoms with van der Waals surface area (Å²) >= 11 is 0. The van der Waals surface area contributed by atoms with Crippen molar-refractivity contribution in [3.05, 3.63) is 59.2 Å². The fourth-order valence-corrected chi connectivity index (χ4v) is 1.64. The number of carboxylic acids is 1. The Balaban J connectivity index is 2.47. The number of aromatic nitrogens is 1. The van der Waals surface area contributed by atoms with Crippen LogP contribution in [0.15, 0.2) is 36.7 Å².